The molecule has 1 aromatic heterocycles. The number of pyridine rings is 1. The number of benzene rings is 2. The molecule has 9 heteroatoms. The van der Waals surface area contributed by atoms with E-state index in [1.807, 2.05) is 0 Å². The number of carbonyl (C=O) groups is 2. The van der Waals surface area contributed by atoms with Crippen LogP contribution in [0.2, 0.25) is 0 Å². The average Bonchev–Trinajstić information content (AvgIpc) is 3.21. The SMILES string of the molecule is NC(=O)c1cc(COc2ccc(NC(=O)Nc3ccc4c(c3)OCO4)cc2)ccn1. The van der Waals surface area contributed by atoms with Gasteiger partial charge < -0.3 is 30.6 Å². The highest BCUT2D eigenvalue weighted by Crippen LogP contribution is 2.34. The second-order valence-corrected chi connectivity index (χ2v) is 6.37. The van der Waals surface area contributed by atoms with Gasteiger partial charge in [0.05, 0.1) is 0 Å². The number of carbonyl (C=O) groups excluding carboxylic acids is 2. The highest BCUT2D eigenvalue weighted by atomic mass is 16.7. The van der Waals surface area contributed by atoms with Crippen LogP contribution in [0, 0.1) is 0 Å². The number of hydrogen-bond acceptors (Lipinski definition) is 6. The molecule has 0 spiro atoms. The second kappa shape index (κ2) is 8.39. The molecule has 3 aromatic rings. The molecule has 0 aliphatic carbocycles. The molecule has 152 valence electrons. The number of nitrogens with zero attached hydrogens (tertiary/aromatic N) is 1. The van der Waals surface area contributed by atoms with E-state index in [-0.39, 0.29) is 19.1 Å². The summed E-state index contributed by atoms with van der Waals surface area (Å²) in [5, 5.41) is 5.48. The van der Waals surface area contributed by atoms with E-state index in [1.54, 1.807) is 54.6 Å². The standard InChI is InChI=1S/C21H18N4O5/c22-20(26)17-9-13(7-8-23-17)11-28-16-4-1-14(2-5-16)24-21(27)25-15-3-6-18-19(10-15)30-12-29-18/h1-10H,11-12H2,(H2,22,26)(H2,24,25,27). The number of hydrogen-bond donors (Lipinski definition) is 3. The van der Waals surface area contributed by atoms with Crippen LogP contribution in [0.15, 0.2) is 60.8 Å². The number of ether oxygens (including phenoxy) is 3. The maximum absolute atomic E-state index is 12.2. The summed E-state index contributed by atoms with van der Waals surface area (Å²) in [6.07, 6.45) is 1.50. The fourth-order valence-electron chi connectivity index (χ4n) is 2.77. The smallest absolute Gasteiger partial charge is 0.323 e. The Hall–Kier alpha value is -4.27. The van der Waals surface area contributed by atoms with Crippen LogP contribution in [0.3, 0.4) is 0 Å². The molecule has 0 atom stereocenters. The Morgan fingerprint density at radius 1 is 0.967 bits per heavy atom. The van der Waals surface area contributed by atoms with E-state index in [2.05, 4.69) is 15.6 Å². The highest BCUT2D eigenvalue weighted by Gasteiger charge is 2.14. The van der Waals surface area contributed by atoms with Gasteiger partial charge in [-0.1, -0.05) is 0 Å². The van der Waals surface area contributed by atoms with E-state index in [1.165, 1.54) is 6.20 Å². The first kappa shape index (κ1) is 19.1. The van der Waals surface area contributed by atoms with Gasteiger partial charge in [-0.3, -0.25) is 9.78 Å². The Labute approximate surface area is 171 Å². The van der Waals surface area contributed by atoms with Crippen molar-refractivity contribution in [1.82, 2.24) is 4.98 Å². The van der Waals surface area contributed by atoms with Crippen LogP contribution < -0.4 is 30.6 Å². The van der Waals surface area contributed by atoms with E-state index in [9.17, 15) is 9.59 Å². The number of fused-ring (bicyclic) bond motifs is 1. The second-order valence-electron chi connectivity index (χ2n) is 6.37. The Morgan fingerprint density at radius 2 is 1.70 bits per heavy atom. The van der Waals surface area contributed by atoms with Gasteiger partial charge in [0.15, 0.2) is 11.5 Å². The van der Waals surface area contributed by atoms with Gasteiger partial charge in [-0.25, -0.2) is 4.79 Å². The third-order valence-electron chi connectivity index (χ3n) is 4.22. The van der Waals surface area contributed by atoms with Crippen molar-refractivity contribution < 1.29 is 23.8 Å². The Balaban J connectivity index is 1.30. The van der Waals surface area contributed by atoms with Crippen LogP contribution >= 0.6 is 0 Å². The topological polar surface area (TPSA) is 125 Å². The van der Waals surface area contributed by atoms with Crippen molar-refractivity contribution >= 4 is 23.3 Å². The van der Waals surface area contributed by atoms with E-state index in [4.69, 9.17) is 19.9 Å². The molecule has 0 unspecified atom stereocenters. The summed E-state index contributed by atoms with van der Waals surface area (Å²) in [5.74, 6) is 1.25. The Kier molecular flexibility index (Phi) is 5.33. The minimum Gasteiger partial charge on any atom is -0.489 e. The number of nitrogens with two attached hydrogens (primary N) is 1. The first-order valence-electron chi connectivity index (χ1n) is 9.02. The average molecular weight is 406 g/mol. The van der Waals surface area contributed by atoms with Crippen LogP contribution in [0.4, 0.5) is 16.2 Å². The molecule has 1 aliphatic rings. The first-order chi connectivity index (χ1) is 14.6. The molecule has 0 fully saturated rings. The van der Waals surface area contributed by atoms with Crippen LogP contribution in [0.25, 0.3) is 0 Å². The van der Waals surface area contributed by atoms with E-state index in [0.29, 0.717) is 28.6 Å². The molecule has 0 saturated carbocycles. The van der Waals surface area contributed by atoms with Crippen molar-refractivity contribution in [3.63, 3.8) is 0 Å². The maximum atomic E-state index is 12.2. The normalized spacial score (nSPS) is 11.6. The minimum atomic E-state index is -0.591. The lowest BCUT2D eigenvalue weighted by atomic mass is 10.2. The molecule has 2 heterocycles. The molecule has 0 saturated heterocycles. The summed E-state index contributed by atoms with van der Waals surface area (Å²) >= 11 is 0. The predicted molar refractivity (Wildman–Crippen MR) is 109 cm³/mol. The fraction of sp³-hybridized carbons (Fsp3) is 0.0952. The molecule has 9 nitrogen and oxygen atoms in total. The lowest BCUT2D eigenvalue weighted by Crippen LogP contribution is -2.19. The summed E-state index contributed by atoms with van der Waals surface area (Å²) in [6, 6.07) is 15.0. The summed E-state index contributed by atoms with van der Waals surface area (Å²) in [7, 11) is 0. The zero-order chi connectivity index (χ0) is 20.9. The van der Waals surface area contributed by atoms with Gasteiger partial charge in [0.1, 0.15) is 18.1 Å². The van der Waals surface area contributed by atoms with Gasteiger partial charge >= 0.3 is 6.03 Å². The molecular formula is C21H18N4O5. The third kappa shape index (κ3) is 4.58. The van der Waals surface area contributed by atoms with Crippen LogP contribution in [-0.2, 0) is 6.61 Å². The van der Waals surface area contributed by atoms with Gasteiger partial charge in [-0.05, 0) is 54.1 Å². The van der Waals surface area contributed by atoms with Crippen molar-refractivity contribution in [1.29, 1.82) is 0 Å². The molecule has 4 rings (SSSR count). The zero-order valence-corrected chi connectivity index (χ0v) is 15.8. The molecule has 4 N–H and O–H groups in total. The summed E-state index contributed by atoms with van der Waals surface area (Å²) in [6.45, 7) is 0.424. The van der Waals surface area contributed by atoms with Crippen molar-refractivity contribution in [3.05, 3.63) is 72.1 Å². The number of primary amides is 1. The molecule has 2 aromatic carbocycles. The predicted octanol–water partition coefficient (Wildman–Crippen LogP) is 3.13. The lowest BCUT2D eigenvalue weighted by Gasteiger charge is -2.10. The molecule has 1 aliphatic heterocycles. The lowest BCUT2D eigenvalue weighted by molar-refractivity contribution is 0.0995. The summed E-state index contributed by atoms with van der Waals surface area (Å²) < 4.78 is 16.2. The van der Waals surface area contributed by atoms with Crippen LogP contribution in [-0.4, -0.2) is 23.7 Å². The van der Waals surface area contributed by atoms with Crippen molar-refractivity contribution in [3.8, 4) is 17.2 Å². The van der Waals surface area contributed by atoms with Crippen molar-refractivity contribution in [2.75, 3.05) is 17.4 Å². The number of amides is 3. The van der Waals surface area contributed by atoms with Gasteiger partial charge in [-0.15, -0.1) is 0 Å². The summed E-state index contributed by atoms with van der Waals surface area (Å²) in [4.78, 5) is 27.3. The minimum absolute atomic E-state index is 0.173. The third-order valence-corrected chi connectivity index (χ3v) is 4.22. The number of anilines is 2. The van der Waals surface area contributed by atoms with E-state index < -0.39 is 11.9 Å². The Morgan fingerprint density at radius 3 is 2.50 bits per heavy atom. The first-order valence-corrected chi connectivity index (χ1v) is 9.02. The van der Waals surface area contributed by atoms with Gasteiger partial charge in [0.2, 0.25) is 6.79 Å². The summed E-state index contributed by atoms with van der Waals surface area (Å²) in [5.41, 5.74) is 7.36. The van der Waals surface area contributed by atoms with Crippen molar-refractivity contribution in [2.24, 2.45) is 5.73 Å². The fourth-order valence-corrected chi connectivity index (χ4v) is 2.77. The monoisotopic (exact) mass is 406 g/mol. The number of urea groups is 1. The van der Waals surface area contributed by atoms with Crippen molar-refractivity contribution in [2.45, 2.75) is 6.61 Å². The maximum Gasteiger partial charge on any atom is 0.323 e. The van der Waals surface area contributed by atoms with E-state index >= 15 is 0 Å². The molecule has 0 bridgehead atoms. The van der Waals surface area contributed by atoms with Gasteiger partial charge in [0.25, 0.3) is 5.91 Å². The van der Waals surface area contributed by atoms with Gasteiger partial charge in [-0.2, -0.15) is 0 Å². The zero-order valence-electron chi connectivity index (χ0n) is 15.8. The number of rotatable bonds is 6. The number of aromatic nitrogens is 1. The number of nitrogens with one attached hydrogen (secondary N) is 2. The quantitative estimate of drug-likeness (QED) is 0.578. The molecule has 0 radical (unpaired) electrons. The van der Waals surface area contributed by atoms with Crippen LogP contribution in [0.5, 0.6) is 17.2 Å². The Bertz CT molecular complexity index is 1090. The molecular weight excluding hydrogens is 388 g/mol. The largest absolute Gasteiger partial charge is 0.489 e. The molecule has 3 amide bonds. The van der Waals surface area contributed by atoms with Crippen LogP contribution in [0.1, 0.15) is 16.1 Å². The van der Waals surface area contributed by atoms with E-state index in [0.717, 1.165) is 5.56 Å². The van der Waals surface area contributed by atoms with Gasteiger partial charge in [0, 0.05) is 23.6 Å². The molecule has 30 heavy (non-hydrogen) atoms. The highest BCUT2D eigenvalue weighted by molar-refractivity contribution is 6.00.